The molecule has 5 N–H and O–H groups in total. The van der Waals surface area contributed by atoms with Crippen LogP contribution in [-0.4, -0.2) is 90.1 Å². The predicted molar refractivity (Wildman–Crippen MR) is 127 cm³/mol. The van der Waals surface area contributed by atoms with Gasteiger partial charge in [-0.2, -0.15) is 0 Å². The van der Waals surface area contributed by atoms with Crippen molar-refractivity contribution >= 4 is 25.2 Å². The number of nitrogens with one attached hydrogen (secondary N) is 1. The molecule has 17 nitrogen and oxygen atoms in total. The van der Waals surface area contributed by atoms with Crippen LogP contribution in [0.1, 0.15) is 18.9 Å². The highest BCUT2D eigenvalue weighted by Crippen LogP contribution is 2.39. The lowest BCUT2D eigenvalue weighted by Gasteiger charge is -2.23. The minimum Gasteiger partial charge on any atom is -0.394 e. The van der Waals surface area contributed by atoms with Gasteiger partial charge in [0.1, 0.15) is 42.5 Å². The summed E-state index contributed by atoms with van der Waals surface area (Å²) in [6, 6.07) is 1.13. The fraction of sp³-hybridized carbons (Fsp3) is 0.550. The third-order valence-electron chi connectivity index (χ3n) is 6.36. The third-order valence-corrected chi connectivity index (χ3v) is 7.23. The lowest BCUT2D eigenvalue weighted by Crippen LogP contribution is -2.39. The Morgan fingerprint density at radius 3 is 2.76 bits per heavy atom. The van der Waals surface area contributed by atoms with Crippen molar-refractivity contribution in [2.24, 2.45) is 0 Å². The summed E-state index contributed by atoms with van der Waals surface area (Å²) in [5.74, 6) is 0.210. The average molecular weight is 555 g/mol. The van der Waals surface area contributed by atoms with Crippen LogP contribution in [0.2, 0.25) is 0 Å². The molecule has 2 aliphatic heterocycles. The lowest BCUT2D eigenvalue weighted by molar-refractivity contribution is -0.0625. The average Bonchev–Trinajstić information content (AvgIpc) is 3.58. The zero-order chi connectivity index (χ0) is 27.0. The van der Waals surface area contributed by atoms with Crippen molar-refractivity contribution in [3.63, 3.8) is 0 Å². The number of nitrogens with two attached hydrogens (primary N) is 1. The van der Waals surface area contributed by atoms with E-state index < -0.39 is 69.1 Å². The number of imidazole rings is 1. The fourth-order valence-corrected chi connectivity index (χ4v) is 5.39. The number of hydrogen-bond donors (Lipinski definition) is 4. The van der Waals surface area contributed by atoms with Crippen molar-refractivity contribution in [2.75, 3.05) is 26.1 Å². The molecule has 0 spiro atoms. The van der Waals surface area contributed by atoms with Gasteiger partial charge in [-0.1, -0.05) is 0 Å². The molecule has 38 heavy (non-hydrogen) atoms. The summed E-state index contributed by atoms with van der Waals surface area (Å²) >= 11 is 0. The number of H-pyrrole nitrogens is 1. The molecule has 4 unspecified atom stereocenters. The molecule has 8 atom stereocenters. The maximum Gasteiger partial charge on any atom is 0.330 e. The lowest BCUT2D eigenvalue weighted by atomic mass is 10.1. The molecule has 2 fully saturated rings. The summed E-state index contributed by atoms with van der Waals surface area (Å²) in [7, 11) is -1.89. The van der Waals surface area contributed by atoms with E-state index in [1.165, 1.54) is 26.0 Å². The number of fused-ring (bicyclic) bond motifs is 1. The topological polar surface area (TPSA) is 228 Å². The summed E-state index contributed by atoms with van der Waals surface area (Å²) < 4.78 is 43.3. The quantitative estimate of drug-likeness (QED) is 0.216. The molecule has 2 aliphatic rings. The minimum absolute atomic E-state index is 0.190. The molecule has 2 saturated heterocycles. The van der Waals surface area contributed by atoms with Crippen molar-refractivity contribution in [1.29, 1.82) is 0 Å². The molecular weight excluding hydrogens is 529 g/mol. The molecule has 3 aromatic rings. The number of hydrogen-bond acceptors (Lipinski definition) is 14. The summed E-state index contributed by atoms with van der Waals surface area (Å²) in [5, 5.41) is 20.3. The van der Waals surface area contributed by atoms with Crippen LogP contribution in [0.4, 0.5) is 5.82 Å². The van der Waals surface area contributed by atoms with Gasteiger partial charge >= 0.3 is 13.9 Å². The zero-order valence-corrected chi connectivity index (χ0v) is 20.9. The number of aromatic amines is 1. The zero-order valence-electron chi connectivity index (χ0n) is 19.9. The van der Waals surface area contributed by atoms with Crippen LogP contribution in [0.15, 0.2) is 34.5 Å². The van der Waals surface area contributed by atoms with Crippen molar-refractivity contribution in [3.8, 4) is 0 Å². The summed E-state index contributed by atoms with van der Waals surface area (Å²) in [6.45, 7) is -0.801. The highest BCUT2D eigenvalue weighted by molar-refractivity contribution is 7.33. The molecule has 3 aromatic heterocycles. The van der Waals surface area contributed by atoms with Gasteiger partial charge in [0.05, 0.1) is 25.6 Å². The Morgan fingerprint density at radius 2 is 2.03 bits per heavy atom. The van der Waals surface area contributed by atoms with Crippen LogP contribution in [0.5, 0.6) is 0 Å². The Labute approximate surface area is 214 Å². The van der Waals surface area contributed by atoms with Gasteiger partial charge in [0.2, 0.25) is 0 Å². The molecule has 0 aromatic carbocycles. The number of aliphatic hydroxyl groups is 2. The van der Waals surface area contributed by atoms with Crippen LogP contribution in [-0.2, 0) is 27.8 Å². The van der Waals surface area contributed by atoms with Gasteiger partial charge < -0.3 is 39.2 Å². The van der Waals surface area contributed by atoms with Gasteiger partial charge in [-0.3, -0.25) is 23.5 Å². The standard InChI is InChI=1S/C20H26N7O10P/c1-33-16-15(10(5-28)36-19(16)26-3-2-12(30)25-20(26)31)37-38(32)34-6-11-9(29)4-13(35-11)27-8-24-14-17(21)22-7-23-18(14)27/h2-3,7-11,13,15-16,19,28-29,38H,4-6H2,1H3,(H2,21,22,23)(H,25,30,31)/t9?,10-,11-,13-,15?,16?,19-/m1/s1. The maximum absolute atomic E-state index is 12.7. The van der Waals surface area contributed by atoms with Gasteiger partial charge in [-0.15, -0.1) is 0 Å². The molecule has 0 radical (unpaired) electrons. The molecule has 0 saturated carbocycles. The number of anilines is 1. The van der Waals surface area contributed by atoms with Crippen molar-refractivity contribution in [3.05, 3.63) is 45.8 Å². The van der Waals surface area contributed by atoms with Crippen LogP contribution < -0.4 is 17.0 Å². The van der Waals surface area contributed by atoms with E-state index in [2.05, 4.69) is 19.9 Å². The van der Waals surface area contributed by atoms with Crippen LogP contribution in [0.25, 0.3) is 11.2 Å². The van der Waals surface area contributed by atoms with Crippen molar-refractivity contribution < 1.29 is 38.0 Å². The number of methoxy groups -OCH3 is 1. The number of aliphatic hydroxyl groups excluding tert-OH is 2. The smallest absolute Gasteiger partial charge is 0.330 e. The van der Waals surface area contributed by atoms with E-state index in [0.717, 1.165) is 10.6 Å². The van der Waals surface area contributed by atoms with E-state index in [1.54, 1.807) is 4.57 Å². The van der Waals surface area contributed by atoms with E-state index in [9.17, 15) is 24.4 Å². The first kappa shape index (κ1) is 26.6. The highest BCUT2D eigenvalue weighted by Gasteiger charge is 2.48. The number of aromatic nitrogens is 6. The van der Waals surface area contributed by atoms with Crippen LogP contribution in [0, 0.1) is 0 Å². The Balaban J connectivity index is 1.22. The predicted octanol–water partition coefficient (Wildman–Crippen LogP) is -1.70. The van der Waals surface area contributed by atoms with Gasteiger partial charge in [0.25, 0.3) is 5.56 Å². The fourth-order valence-electron chi connectivity index (χ4n) is 4.51. The third kappa shape index (κ3) is 5.02. The normalized spacial score (nSPS) is 30.2. The summed E-state index contributed by atoms with van der Waals surface area (Å²) in [6.07, 6.45) is -2.38. The number of ether oxygens (including phenoxy) is 3. The molecule has 206 valence electrons. The van der Waals surface area contributed by atoms with Gasteiger partial charge in [0.15, 0.2) is 17.7 Å². The van der Waals surface area contributed by atoms with Gasteiger partial charge in [0, 0.05) is 25.8 Å². The van der Waals surface area contributed by atoms with E-state index in [0.29, 0.717) is 11.2 Å². The Bertz CT molecular complexity index is 1430. The second-order valence-corrected chi connectivity index (χ2v) is 9.65. The van der Waals surface area contributed by atoms with E-state index in [-0.39, 0.29) is 18.8 Å². The second kappa shape index (κ2) is 11.0. The molecule has 18 heteroatoms. The number of nitrogen functional groups attached to an aromatic ring is 1. The maximum atomic E-state index is 12.7. The molecule has 5 heterocycles. The molecule has 5 rings (SSSR count). The highest BCUT2D eigenvalue weighted by atomic mass is 31.1. The van der Waals surface area contributed by atoms with E-state index in [4.69, 9.17) is 29.0 Å². The summed E-state index contributed by atoms with van der Waals surface area (Å²) in [4.78, 5) is 38.0. The van der Waals surface area contributed by atoms with Crippen molar-refractivity contribution in [1.82, 2.24) is 29.1 Å². The molecule has 0 amide bonds. The monoisotopic (exact) mass is 555 g/mol. The first-order valence-electron chi connectivity index (χ1n) is 11.5. The van der Waals surface area contributed by atoms with Crippen molar-refractivity contribution in [2.45, 2.75) is 49.4 Å². The second-order valence-electron chi connectivity index (χ2n) is 8.62. The SMILES string of the molecule is COC1C(O[PH](=O)OC[C@H]2O[C@@H](n3cnc4c(N)ncnc43)CC2O)[C@@H](CO)O[C@H]1n1ccc(=O)[nH]c1=O. The molecule has 0 bridgehead atoms. The van der Waals surface area contributed by atoms with Gasteiger partial charge in [-0.05, 0) is 0 Å². The number of rotatable bonds is 9. The Hall–Kier alpha value is -3.02. The first-order valence-corrected chi connectivity index (χ1v) is 12.7. The Kier molecular flexibility index (Phi) is 7.69. The van der Waals surface area contributed by atoms with Crippen LogP contribution >= 0.6 is 8.25 Å². The van der Waals surface area contributed by atoms with Gasteiger partial charge in [-0.25, -0.2) is 19.7 Å². The van der Waals surface area contributed by atoms with E-state index >= 15 is 0 Å². The van der Waals surface area contributed by atoms with E-state index in [1.807, 2.05) is 0 Å². The molecule has 0 aliphatic carbocycles. The largest absolute Gasteiger partial charge is 0.394 e. The molecular formula is C20H26N7O10P. The number of nitrogens with zero attached hydrogens (tertiary/aromatic N) is 5. The Morgan fingerprint density at radius 1 is 1.21 bits per heavy atom. The first-order chi connectivity index (χ1) is 18.3. The minimum atomic E-state index is -3.21. The summed E-state index contributed by atoms with van der Waals surface area (Å²) in [5.41, 5.74) is 5.30. The van der Waals surface area contributed by atoms with Crippen LogP contribution in [0.3, 0.4) is 0 Å².